The number of hydrogen-bond acceptors (Lipinski definition) is 6. The van der Waals surface area contributed by atoms with E-state index in [0.717, 1.165) is 16.8 Å². The van der Waals surface area contributed by atoms with Crippen molar-refractivity contribution in [3.05, 3.63) is 71.5 Å². The maximum atomic E-state index is 12.4. The van der Waals surface area contributed by atoms with Crippen LogP contribution in [0.25, 0.3) is 10.8 Å². The van der Waals surface area contributed by atoms with E-state index in [0.29, 0.717) is 31.5 Å². The van der Waals surface area contributed by atoms with Crippen molar-refractivity contribution in [1.82, 2.24) is 20.5 Å². The summed E-state index contributed by atoms with van der Waals surface area (Å²) in [6.45, 7) is 0.735. The molecular formula is C25H25N5O4. The molecule has 1 aromatic heterocycles. The lowest BCUT2D eigenvalue weighted by molar-refractivity contribution is -0.136. The lowest BCUT2D eigenvalue weighted by atomic mass is 10.0. The van der Waals surface area contributed by atoms with Gasteiger partial charge in [-0.2, -0.15) is 0 Å². The molecule has 2 aromatic carbocycles. The average molecular weight is 460 g/mol. The summed E-state index contributed by atoms with van der Waals surface area (Å²) in [5, 5.41) is 10.3. The lowest BCUT2D eigenvalue weighted by Gasteiger charge is -2.29. The number of nitrogens with zero attached hydrogens (tertiary/aromatic N) is 2. The lowest BCUT2D eigenvalue weighted by Crippen LogP contribution is -2.52. The molecule has 34 heavy (non-hydrogen) atoms. The number of rotatable bonds is 5. The van der Waals surface area contributed by atoms with Crippen LogP contribution >= 0.6 is 0 Å². The Hall–Kier alpha value is -4.27. The van der Waals surface area contributed by atoms with E-state index in [2.05, 4.69) is 33.1 Å². The molecule has 0 bridgehead atoms. The fourth-order valence-electron chi connectivity index (χ4n) is 4.14. The zero-order valence-corrected chi connectivity index (χ0v) is 18.7. The highest BCUT2D eigenvalue weighted by Gasteiger charge is 2.38. The number of aromatic nitrogens is 1. The number of nitrogens with one attached hydrogen (secondary N) is 3. The average Bonchev–Trinajstić information content (AvgIpc) is 3.18. The smallest absolute Gasteiger partial charge is 0.255 e. The van der Waals surface area contributed by atoms with Crippen LogP contribution in [-0.2, 0) is 27.5 Å². The number of hydrogen-bond donors (Lipinski definition) is 3. The summed E-state index contributed by atoms with van der Waals surface area (Å²) in [6, 6.07) is 13.0. The van der Waals surface area contributed by atoms with Crippen molar-refractivity contribution in [2.45, 2.75) is 32.0 Å². The van der Waals surface area contributed by atoms with Gasteiger partial charge in [-0.05, 0) is 47.2 Å². The molecule has 0 spiro atoms. The second-order valence-corrected chi connectivity index (χ2v) is 8.08. The zero-order valence-electron chi connectivity index (χ0n) is 18.7. The SMILES string of the molecule is CNc1ccc2cnccc2c1.O=CNCc1ccc2c(c1)CN(C1CCC(=O)NC1=O)C2=O. The number of fused-ring (bicyclic) bond motifs is 2. The molecular weight excluding hydrogens is 434 g/mol. The van der Waals surface area contributed by atoms with E-state index in [4.69, 9.17) is 0 Å². The molecule has 1 unspecified atom stereocenters. The van der Waals surface area contributed by atoms with Crippen molar-refractivity contribution in [3.8, 4) is 0 Å². The van der Waals surface area contributed by atoms with Crippen LogP contribution in [0.4, 0.5) is 5.69 Å². The van der Waals surface area contributed by atoms with Crippen molar-refractivity contribution < 1.29 is 19.2 Å². The third-order valence-electron chi connectivity index (χ3n) is 5.91. The monoisotopic (exact) mass is 459 g/mol. The second kappa shape index (κ2) is 10.1. The van der Waals surface area contributed by atoms with Gasteiger partial charge in [0.25, 0.3) is 5.91 Å². The summed E-state index contributed by atoms with van der Waals surface area (Å²) >= 11 is 0. The quantitative estimate of drug-likeness (QED) is 0.396. The van der Waals surface area contributed by atoms with Crippen LogP contribution in [0.5, 0.6) is 0 Å². The largest absolute Gasteiger partial charge is 0.388 e. The molecule has 1 atom stereocenters. The van der Waals surface area contributed by atoms with Gasteiger partial charge in [0.05, 0.1) is 0 Å². The normalized spacial score (nSPS) is 16.9. The molecule has 9 nitrogen and oxygen atoms in total. The molecule has 5 rings (SSSR count). The number of carbonyl (C=O) groups excluding carboxylic acids is 4. The molecule has 2 aliphatic rings. The maximum Gasteiger partial charge on any atom is 0.255 e. The molecule has 4 amide bonds. The molecule has 0 saturated carbocycles. The molecule has 3 heterocycles. The van der Waals surface area contributed by atoms with Gasteiger partial charge in [-0.25, -0.2) is 0 Å². The van der Waals surface area contributed by atoms with Gasteiger partial charge in [0, 0.05) is 55.6 Å². The summed E-state index contributed by atoms with van der Waals surface area (Å²) in [5.41, 5.74) is 3.43. The van der Waals surface area contributed by atoms with Gasteiger partial charge in [0.15, 0.2) is 0 Å². The highest BCUT2D eigenvalue weighted by atomic mass is 16.2. The summed E-state index contributed by atoms with van der Waals surface area (Å²) in [7, 11) is 1.92. The molecule has 3 aromatic rings. The fourth-order valence-corrected chi connectivity index (χ4v) is 4.14. The van der Waals surface area contributed by atoms with Crippen LogP contribution in [0, 0.1) is 0 Å². The van der Waals surface area contributed by atoms with Gasteiger partial charge >= 0.3 is 0 Å². The Kier molecular flexibility index (Phi) is 6.82. The Morgan fingerprint density at radius 3 is 2.74 bits per heavy atom. The third kappa shape index (κ3) is 4.88. The van der Waals surface area contributed by atoms with E-state index in [-0.39, 0.29) is 18.2 Å². The van der Waals surface area contributed by atoms with Crippen LogP contribution < -0.4 is 16.0 Å². The van der Waals surface area contributed by atoms with Crippen LogP contribution in [0.1, 0.15) is 34.3 Å². The molecule has 0 radical (unpaired) electrons. The number of piperidine rings is 1. The first-order valence-corrected chi connectivity index (χ1v) is 10.9. The number of anilines is 1. The Balaban J connectivity index is 0.000000192. The number of pyridine rings is 1. The Labute approximate surface area is 196 Å². The molecule has 9 heteroatoms. The van der Waals surface area contributed by atoms with Crippen molar-refractivity contribution in [2.75, 3.05) is 12.4 Å². The summed E-state index contributed by atoms with van der Waals surface area (Å²) < 4.78 is 0. The summed E-state index contributed by atoms with van der Waals surface area (Å²) in [5.74, 6) is -0.910. The standard InChI is InChI=1S/C15H15N3O4.C10H10N2/c19-8-16-6-9-1-2-11-10(5-9)7-18(15(11)22)12-3-4-13(20)17-14(12)21;1-11-10-3-2-9-7-12-5-4-8(9)6-10/h1-2,5,8,12H,3-4,6-7H2,(H,16,19)(H,17,20,21);2-7,11H,1H3. The molecule has 1 saturated heterocycles. The molecule has 2 aliphatic heterocycles. The predicted molar refractivity (Wildman–Crippen MR) is 127 cm³/mol. The van der Waals surface area contributed by atoms with E-state index in [1.807, 2.05) is 37.6 Å². The number of carbonyl (C=O) groups is 4. The van der Waals surface area contributed by atoms with Gasteiger partial charge in [0.1, 0.15) is 6.04 Å². The minimum absolute atomic E-state index is 0.195. The summed E-state index contributed by atoms with van der Waals surface area (Å²) in [6.07, 6.45) is 4.89. The number of imide groups is 1. The van der Waals surface area contributed by atoms with Gasteiger partial charge in [-0.15, -0.1) is 0 Å². The van der Waals surface area contributed by atoms with Crippen LogP contribution in [0.15, 0.2) is 54.9 Å². The highest BCUT2D eigenvalue weighted by Crippen LogP contribution is 2.28. The maximum absolute atomic E-state index is 12.4. The highest BCUT2D eigenvalue weighted by molar-refractivity contribution is 6.05. The zero-order chi connectivity index (χ0) is 24.1. The van der Waals surface area contributed by atoms with Crippen LogP contribution in [0.3, 0.4) is 0 Å². The molecule has 1 fully saturated rings. The predicted octanol–water partition coefficient (Wildman–Crippen LogP) is 1.97. The molecule has 0 aliphatic carbocycles. The third-order valence-corrected chi connectivity index (χ3v) is 5.91. The van der Waals surface area contributed by atoms with E-state index in [1.165, 1.54) is 15.7 Å². The number of amides is 4. The van der Waals surface area contributed by atoms with E-state index in [9.17, 15) is 19.2 Å². The van der Waals surface area contributed by atoms with E-state index in [1.54, 1.807) is 12.1 Å². The van der Waals surface area contributed by atoms with Crippen molar-refractivity contribution >= 4 is 40.6 Å². The number of benzene rings is 2. The van der Waals surface area contributed by atoms with Gasteiger partial charge < -0.3 is 15.5 Å². The Morgan fingerprint density at radius 1 is 1.12 bits per heavy atom. The first-order valence-electron chi connectivity index (χ1n) is 10.9. The van der Waals surface area contributed by atoms with Crippen molar-refractivity contribution in [2.24, 2.45) is 0 Å². The minimum atomic E-state index is -0.603. The van der Waals surface area contributed by atoms with E-state index >= 15 is 0 Å². The minimum Gasteiger partial charge on any atom is -0.388 e. The van der Waals surface area contributed by atoms with Gasteiger partial charge in [-0.1, -0.05) is 18.2 Å². The second-order valence-electron chi connectivity index (χ2n) is 8.08. The summed E-state index contributed by atoms with van der Waals surface area (Å²) in [4.78, 5) is 51.5. The van der Waals surface area contributed by atoms with Crippen LogP contribution in [-0.4, -0.2) is 47.1 Å². The van der Waals surface area contributed by atoms with E-state index < -0.39 is 11.9 Å². The molecule has 3 N–H and O–H groups in total. The first kappa shape index (κ1) is 22.9. The molecule has 174 valence electrons. The first-order chi connectivity index (χ1) is 16.5. The topological polar surface area (TPSA) is 120 Å². The fraction of sp³-hybridized carbons (Fsp3) is 0.240. The van der Waals surface area contributed by atoms with Crippen molar-refractivity contribution in [3.63, 3.8) is 0 Å². The Bertz CT molecular complexity index is 1260. The van der Waals surface area contributed by atoms with Gasteiger partial charge in [0.2, 0.25) is 18.2 Å². The van der Waals surface area contributed by atoms with Gasteiger partial charge in [-0.3, -0.25) is 29.5 Å². The Morgan fingerprint density at radius 2 is 1.97 bits per heavy atom. The van der Waals surface area contributed by atoms with Crippen molar-refractivity contribution in [1.29, 1.82) is 0 Å². The van der Waals surface area contributed by atoms with Crippen LogP contribution in [0.2, 0.25) is 0 Å².